The summed E-state index contributed by atoms with van der Waals surface area (Å²) in [6.07, 6.45) is 1.78. The molecule has 2 heterocycles. The Kier molecular flexibility index (Phi) is 3.80. The van der Waals surface area contributed by atoms with Gasteiger partial charge in [-0.2, -0.15) is 0 Å². The summed E-state index contributed by atoms with van der Waals surface area (Å²) in [6, 6.07) is 11.5. The minimum absolute atomic E-state index is 0.690. The third-order valence-electron chi connectivity index (χ3n) is 2.90. The molecule has 1 N–H and O–H groups in total. The Morgan fingerprint density at radius 3 is 2.95 bits per heavy atom. The van der Waals surface area contributed by atoms with E-state index in [4.69, 9.17) is 11.6 Å². The zero-order valence-electron chi connectivity index (χ0n) is 10.9. The predicted molar refractivity (Wildman–Crippen MR) is 84.8 cm³/mol. The third kappa shape index (κ3) is 2.59. The van der Waals surface area contributed by atoms with Crippen LogP contribution in [0.1, 0.15) is 6.92 Å². The van der Waals surface area contributed by atoms with Crippen molar-refractivity contribution in [3.05, 3.63) is 47.6 Å². The summed E-state index contributed by atoms with van der Waals surface area (Å²) >= 11 is 7.56. The minimum atomic E-state index is 0.690. The van der Waals surface area contributed by atoms with Gasteiger partial charge in [0.15, 0.2) is 0 Å². The molecule has 1 aromatic carbocycles. The smallest absolute Gasteiger partial charge is 0.215 e. The Balaban J connectivity index is 1.98. The summed E-state index contributed by atoms with van der Waals surface area (Å²) in [4.78, 5) is 12.1. The number of rotatable bonds is 2. The van der Waals surface area contributed by atoms with Gasteiger partial charge in [0.05, 0.1) is 10.6 Å². The van der Waals surface area contributed by atoms with Crippen LogP contribution in [-0.2, 0) is 0 Å². The Morgan fingerprint density at radius 2 is 2.20 bits per heavy atom. The number of aliphatic imine (C=N–C) groups is 1. The first kappa shape index (κ1) is 13.3. The number of anilines is 1. The quantitative estimate of drug-likeness (QED) is 0.855. The van der Waals surface area contributed by atoms with Gasteiger partial charge in [0.1, 0.15) is 5.82 Å². The molecule has 102 valence electrons. The molecule has 1 aromatic heterocycles. The number of guanidine groups is 1. The zero-order valence-corrected chi connectivity index (χ0v) is 12.4. The monoisotopic (exact) mass is 304 g/mol. The van der Waals surface area contributed by atoms with Gasteiger partial charge in [-0.1, -0.05) is 17.7 Å². The molecule has 0 saturated heterocycles. The van der Waals surface area contributed by atoms with Crippen LogP contribution in [-0.4, -0.2) is 17.5 Å². The van der Waals surface area contributed by atoms with Crippen LogP contribution in [0.15, 0.2) is 52.5 Å². The second kappa shape index (κ2) is 5.73. The topological polar surface area (TPSA) is 40.5 Å². The molecule has 0 amide bonds. The number of fused-ring (bicyclic) bond motifs is 1. The largest absolute Gasteiger partial charge is 0.296 e. The van der Waals surface area contributed by atoms with Crippen molar-refractivity contribution in [2.24, 2.45) is 4.99 Å². The fraction of sp³-hybridized carbons (Fsp3) is 0.143. The molecule has 1 aliphatic rings. The van der Waals surface area contributed by atoms with E-state index in [9.17, 15) is 0 Å². The van der Waals surface area contributed by atoms with Crippen molar-refractivity contribution in [3.63, 3.8) is 0 Å². The van der Waals surface area contributed by atoms with Crippen molar-refractivity contribution in [1.29, 1.82) is 0 Å². The Labute approximate surface area is 127 Å². The summed E-state index contributed by atoms with van der Waals surface area (Å²) in [5, 5.41) is 0.690. The van der Waals surface area contributed by atoms with Crippen LogP contribution in [0.2, 0.25) is 5.02 Å². The third-order valence-corrected chi connectivity index (χ3v) is 3.98. The van der Waals surface area contributed by atoms with Crippen molar-refractivity contribution in [3.8, 4) is 0 Å². The highest BCUT2D eigenvalue weighted by molar-refractivity contribution is 7.98. The SMILES string of the molecule is CCN(C1=Nc2cc(Cl)ccc2SN1)c1ccccn1. The van der Waals surface area contributed by atoms with Gasteiger partial charge in [-0.3, -0.25) is 9.62 Å². The molecule has 0 fully saturated rings. The molecule has 0 aliphatic carbocycles. The molecule has 3 rings (SSSR count). The lowest BCUT2D eigenvalue weighted by Gasteiger charge is -2.26. The number of hydrogen-bond donors (Lipinski definition) is 1. The average Bonchev–Trinajstić information content (AvgIpc) is 2.49. The maximum Gasteiger partial charge on any atom is 0.215 e. The molecule has 1 aliphatic heterocycles. The van der Waals surface area contributed by atoms with E-state index in [1.54, 1.807) is 6.20 Å². The van der Waals surface area contributed by atoms with Gasteiger partial charge in [0, 0.05) is 17.8 Å². The highest BCUT2D eigenvalue weighted by atomic mass is 35.5. The molecule has 0 saturated carbocycles. The lowest BCUT2D eigenvalue weighted by atomic mass is 10.3. The molecule has 0 bridgehead atoms. The first-order valence-electron chi connectivity index (χ1n) is 6.27. The first-order chi connectivity index (χ1) is 9.78. The van der Waals surface area contributed by atoms with Gasteiger partial charge in [-0.25, -0.2) is 9.98 Å². The lowest BCUT2D eigenvalue weighted by molar-refractivity contribution is 0.992. The van der Waals surface area contributed by atoms with Gasteiger partial charge in [-0.15, -0.1) is 0 Å². The second-order valence-electron chi connectivity index (χ2n) is 4.18. The van der Waals surface area contributed by atoms with E-state index < -0.39 is 0 Å². The standard InChI is InChI=1S/C14H13ClN4S/c1-2-19(13-5-3-4-8-16-13)14-17-11-9-10(15)6-7-12(11)20-18-14/h3-9H,2H2,1H3,(H,17,18). The summed E-state index contributed by atoms with van der Waals surface area (Å²) in [7, 11) is 0. The lowest BCUT2D eigenvalue weighted by Crippen LogP contribution is -2.39. The van der Waals surface area contributed by atoms with E-state index in [0.717, 1.165) is 28.9 Å². The van der Waals surface area contributed by atoms with Crippen molar-refractivity contribution < 1.29 is 0 Å². The van der Waals surface area contributed by atoms with Gasteiger partial charge >= 0.3 is 0 Å². The van der Waals surface area contributed by atoms with E-state index in [0.29, 0.717) is 5.02 Å². The van der Waals surface area contributed by atoms with Crippen LogP contribution >= 0.6 is 23.5 Å². The number of pyridine rings is 1. The number of halogens is 1. The van der Waals surface area contributed by atoms with E-state index in [1.807, 2.05) is 41.3 Å². The van der Waals surface area contributed by atoms with Crippen LogP contribution in [0.4, 0.5) is 11.5 Å². The van der Waals surface area contributed by atoms with E-state index in [-0.39, 0.29) is 0 Å². The first-order valence-corrected chi connectivity index (χ1v) is 7.47. The second-order valence-corrected chi connectivity index (χ2v) is 5.47. The minimum Gasteiger partial charge on any atom is -0.296 e. The molecule has 0 atom stereocenters. The summed E-state index contributed by atoms with van der Waals surface area (Å²) in [5.74, 6) is 1.64. The fourth-order valence-corrected chi connectivity index (χ4v) is 2.82. The number of benzene rings is 1. The number of aromatic nitrogens is 1. The van der Waals surface area contributed by atoms with E-state index in [1.165, 1.54) is 11.9 Å². The Bertz CT molecular complexity index is 645. The predicted octanol–water partition coefficient (Wildman–Crippen LogP) is 3.86. The van der Waals surface area contributed by atoms with Crippen molar-refractivity contribution >= 4 is 41.0 Å². The van der Waals surface area contributed by atoms with Crippen molar-refractivity contribution in [2.45, 2.75) is 11.8 Å². The maximum absolute atomic E-state index is 6.03. The number of nitrogens with one attached hydrogen (secondary N) is 1. The zero-order chi connectivity index (χ0) is 13.9. The van der Waals surface area contributed by atoms with E-state index >= 15 is 0 Å². The van der Waals surface area contributed by atoms with E-state index in [2.05, 4.69) is 21.6 Å². The van der Waals surface area contributed by atoms with Crippen LogP contribution in [0.25, 0.3) is 0 Å². The molecule has 0 radical (unpaired) electrons. The molecule has 2 aromatic rings. The maximum atomic E-state index is 6.03. The molecular weight excluding hydrogens is 292 g/mol. The Hall–Kier alpha value is -1.72. The van der Waals surface area contributed by atoms with Crippen LogP contribution < -0.4 is 9.62 Å². The number of hydrogen-bond acceptors (Lipinski definition) is 5. The van der Waals surface area contributed by atoms with Gasteiger partial charge in [0.2, 0.25) is 5.96 Å². The number of nitrogens with zero attached hydrogens (tertiary/aromatic N) is 3. The van der Waals surface area contributed by atoms with Gasteiger partial charge < -0.3 is 0 Å². The molecule has 20 heavy (non-hydrogen) atoms. The molecule has 6 heteroatoms. The molecule has 0 unspecified atom stereocenters. The average molecular weight is 305 g/mol. The summed E-state index contributed by atoms with van der Waals surface area (Å²) in [5.41, 5.74) is 0.880. The molecule has 0 spiro atoms. The summed E-state index contributed by atoms with van der Waals surface area (Å²) in [6.45, 7) is 2.84. The van der Waals surface area contributed by atoms with Crippen molar-refractivity contribution in [2.75, 3.05) is 11.4 Å². The molecular formula is C14H13ClN4S. The van der Waals surface area contributed by atoms with Crippen LogP contribution in [0.3, 0.4) is 0 Å². The van der Waals surface area contributed by atoms with Crippen molar-refractivity contribution in [1.82, 2.24) is 9.71 Å². The highest BCUT2D eigenvalue weighted by Crippen LogP contribution is 2.34. The van der Waals surface area contributed by atoms with Gasteiger partial charge in [0.25, 0.3) is 0 Å². The van der Waals surface area contributed by atoms with Crippen LogP contribution in [0.5, 0.6) is 0 Å². The van der Waals surface area contributed by atoms with Crippen LogP contribution in [0, 0.1) is 0 Å². The Morgan fingerprint density at radius 1 is 1.30 bits per heavy atom. The fourth-order valence-electron chi connectivity index (χ4n) is 1.95. The normalized spacial score (nSPS) is 13.2. The highest BCUT2D eigenvalue weighted by Gasteiger charge is 2.18. The summed E-state index contributed by atoms with van der Waals surface area (Å²) < 4.78 is 3.25. The van der Waals surface area contributed by atoms with Gasteiger partial charge in [-0.05, 0) is 49.2 Å². The molecule has 4 nitrogen and oxygen atoms in total.